The second-order valence-corrected chi connectivity index (χ2v) is 9.79. The van der Waals surface area contributed by atoms with Crippen molar-refractivity contribution in [2.45, 2.75) is 0 Å². The van der Waals surface area contributed by atoms with Gasteiger partial charge in [-0.15, -0.1) is 0 Å². The van der Waals surface area contributed by atoms with Gasteiger partial charge in [-0.2, -0.15) is 0 Å². The average Bonchev–Trinajstić information content (AvgIpc) is 3.73. The molecule has 7 aromatic rings. The Labute approximate surface area is 257 Å². The first-order chi connectivity index (χ1) is 19.8. The molecule has 0 atom stereocenters. The molecule has 0 radical (unpaired) electrons. The number of halogens is 2. The number of hydrogen-bond donors (Lipinski definition) is 2. The molecular weight excluding hydrogens is 582 g/mol. The third-order valence-corrected chi connectivity index (χ3v) is 7.46. The van der Waals surface area contributed by atoms with Gasteiger partial charge in [0.05, 0.1) is 0 Å². The van der Waals surface area contributed by atoms with Crippen LogP contribution in [-0.2, 0) is 21.7 Å². The smallest absolute Gasteiger partial charge is 0.164 e. The van der Waals surface area contributed by atoms with Crippen molar-refractivity contribution in [2.24, 2.45) is 0 Å². The average molecular weight is 602 g/mol. The van der Waals surface area contributed by atoms with Crippen molar-refractivity contribution >= 4 is 44.1 Å². The van der Waals surface area contributed by atoms with Crippen LogP contribution >= 0.6 is 0 Å². The van der Waals surface area contributed by atoms with Crippen molar-refractivity contribution in [2.75, 3.05) is 0 Å². The van der Waals surface area contributed by atoms with E-state index in [0.717, 1.165) is 43.8 Å². The van der Waals surface area contributed by atoms with E-state index in [0.29, 0.717) is 45.9 Å². The summed E-state index contributed by atoms with van der Waals surface area (Å²) in [5.74, 6) is 2.39. The van der Waals surface area contributed by atoms with Crippen LogP contribution in [0.1, 0.15) is 0 Å². The topological polar surface area (TPSA) is 109 Å². The van der Waals surface area contributed by atoms with Gasteiger partial charge in [0, 0.05) is 65.5 Å². The maximum absolute atomic E-state index is 5.02. The largest absolute Gasteiger partial charge is 0.324 e. The first-order valence-electron chi connectivity index (χ1n) is 13.0. The van der Waals surface area contributed by atoms with E-state index in [4.69, 9.17) is 29.9 Å². The van der Waals surface area contributed by atoms with Crippen molar-refractivity contribution in [3.05, 3.63) is 97.1 Å². The van der Waals surface area contributed by atoms with Crippen LogP contribution in [0.4, 0.5) is 9.41 Å². The number of nitrogens with one attached hydrogen (secondary N) is 2. The normalized spacial score (nSPS) is 11.2. The van der Waals surface area contributed by atoms with Gasteiger partial charge in [-0.1, -0.05) is 97.1 Å². The molecule has 8 nitrogen and oxygen atoms in total. The van der Waals surface area contributed by atoms with Crippen molar-refractivity contribution in [1.82, 2.24) is 39.9 Å². The Kier molecular flexibility index (Phi) is 6.88. The number of rotatable bonds is 0. The molecular formula is C32H20F2N8Ti. The second-order valence-electron chi connectivity index (χ2n) is 9.79. The van der Waals surface area contributed by atoms with Crippen molar-refractivity contribution < 1.29 is 31.1 Å². The van der Waals surface area contributed by atoms with Gasteiger partial charge >= 0.3 is 0 Å². The Hall–Kier alpha value is -5.19. The molecule has 0 saturated heterocycles. The summed E-state index contributed by atoms with van der Waals surface area (Å²) >= 11 is 0. The molecule has 0 aliphatic carbocycles. The zero-order chi connectivity index (χ0) is 26.2. The Morgan fingerprint density at radius 2 is 0.558 bits per heavy atom. The van der Waals surface area contributed by atoms with Gasteiger partial charge in [0.1, 0.15) is 22.6 Å². The van der Waals surface area contributed by atoms with Crippen LogP contribution in [0.5, 0.6) is 0 Å². The molecule has 43 heavy (non-hydrogen) atoms. The summed E-state index contributed by atoms with van der Waals surface area (Å²) in [6, 6.07) is 32.2. The monoisotopic (exact) mass is 602 g/mol. The minimum atomic E-state index is 0. The zero-order valence-electron chi connectivity index (χ0n) is 22.2. The standard InChI is InChI=1S/C32H18N8.2FH.Ti/c1-2-10-18-17(9-1)25-33-26(18)38-28-21-13-5-6-14-22(21)30(35-28)40-32-24-16-8-7-15-23(24)31(36-32)39-29-20-12-4-3-11-19(20)27(34-29)37-25;;;/h1-16H,(H2,33,34,35,36,37,38,39,40);2*1H;. The molecule has 5 heterocycles. The van der Waals surface area contributed by atoms with Gasteiger partial charge in [-0.3, -0.25) is 9.41 Å². The van der Waals surface area contributed by atoms with Gasteiger partial charge in [0.15, 0.2) is 23.3 Å². The maximum atomic E-state index is 5.02. The number of aromatic nitrogens is 8. The van der Waals surface area contributed by atoms with Crippen LogP contribution < -0.4 is 0 Å². The van der Waals surface area contributed by atoms with Crippen molar-refractivity contribution in [1.29, 1.82) is 0 Å². The third kappa shape index (κ3) is 4.22. The molecule has 2 aliphatic rings. The fraction of sp³-hybridized carbons (Fsp3) is 0. The number of H-pyrrole nitrogens is 2. The van der Waals surface area contributed by atoms with Gasteiger partial charge in [0.25, 0.3) is 0 Å². The summed E-state index contributed by atoms with van der Waals surface area (Å²) in [6.07, 6.45) is 0. The predicted octanol–water partition coefficient (Wildman–Crippen LogP) is 7.17. The Balaban J connectivity index is 0.00000110. The molecule has 0 fully saturated rings. The van der Waals surface area contributed by atoms with Crippen molar-refractivity contribution in [3.8, 4) is 45.6 Å². The molecule has 3 aromatic heterocycles. The molecule has 4 aromatic carbocycles. The van der Waals surface area contributed by atoms with Crippen LogP contribution in [0, 0.1) is 0 Å². The summed E-state index contributed by atoms with van der Waals surface area (Å²) in [5.41, 5.74) is 6.45. The van der Waals surface area contributed by atoms with Gasteiger partial charge < -0.3 is 9.97 Å². The molecule has 0 spiro atoms. The number of fused-ring (bicyclic) bond motifs is 20. The first-order valence-corrected chi connectivity index (χ1v) is 13.0. The summed E-state index contributed by atoms with van der Waals surface area (Å²) < 4.78 is 0. The SMILES string of the molecule is F.F.[Ti].c1ccc2c(c1)-c1nc-2nc2[nH]c(nc3nc(nc4[nH]c(n1)c1ccccc41)-c1ccccc1-3)c1ccccc21. The van der Waals surface area contributed by atoms with E-state index in [1.54, 1.807) is 0 Å². The molecule has 8 bridgehead atoms. The van der Waals surface area contributed by atoms with Crippen LogP contribution in [0.25, 0.3) is 89.7 Å². The molecule has 2 aliphatic heterocycles. The maximum Gasteiger partial charge on any atom is 0.164 e. The predicted molar refractivity (Wildman–Crippen MR) is 161 cm³/mol. The summed E-state index contributed by atoms with van der Waals surface area (Å²) in [4.78, 5) is 36.8. The van der Waals surface area contributed by atoms with E-state index < -0.39 is 0 Å². The van der Waals surface area contributed by atoms with Crippen LogP contribution in [0.3, 0.4) is 0 Å². The molecule has 0 unspecified atom stereocenters. The minimum absolute atomic E-state index is 0. The molecule has 2 N–H and O–H groups in total. The van der Waals surface area contributed by atoms with E-state index in [2.05, 4.69) is 9.97 Å². The third-order valence-electron chi connectivity index (χ3n) is 7.46. The minimum Gasteiger partial charge on any atom is -0.324 e. The number of nitrogens with zero attached hydrogens (tertiary/aromatic N) is 6. The van der Waals surface area contributed by atoms with E-state index in [9.17, 15) is 0 Å². The summed E-state index contributed by atoms with van der Waals surface area (Å²) in [5, 5.41) is 3.82. The molecule has 11 heteroatoms. The van der Waals surface area contributed by atoms with Crippen LogP contribution in [-0.4, -0.2) is 39.9 Å². The fourth-order valence-electron chi connectivity index (χ4n) is 5.59. The van der Waals surface area contributed by atoms with E-state index in [1.165, 1.54) is 0 Å². The molecule has 0 saturated carbocycles. The molecule has 9 rings (SSSR count). The van der Waals surface area contributed by atoms with Gasteiger partial charge in [0.2, 0.25) is 0 Å². The van der Waals surface area contributed by atoms with Crippen molar-refractivity contribution in [3.63, 3.8) is 0 Å². The molecule has 0 amide bonds. The van der Waals surface area contributed by atoms with Crippen LogP contribution in [0.15, 0.2) is 97.1 Å². The Morgan fingerprint density at radius 1 is 0.326 bits per heavy atom. The Bertz CT molecular complexity index is 2050. The van der Waals surface area contributed by atoms with E-state index in [-0.39, 0.29) is 31.1 Å². The Morgan fingerprint density at radius 3 is 0.814 bits per heavy atom. The van der Waals surface area contributed by atoms with E-state index >= 15 is 0 Å². The zero-order valence-corrected chi connectivity index (χ0v) is 23.8. The number of benzene rings is 4. The number of aromatic amines is 2. The summed E-state index contributed by atoms with van der Waals surface area (Å²) in [7, 11) is 0. The first kappa shape index (κ1) is 28.0. The number of hydrogen-bond acceptors (Lipinski definition) is 6. The van der Waals surface area contributed by atoms with E-state index in [1.807, 2.05) is 97.1 Å². The second kappa shape index (κ2) is 10.6. The van der Waals surface area contributed by atoms with Crippen LogP contribution in [0.2, 0.25) is 0 Å². The fourth-order valence-corrected chi connectivity index (χ4v) is 5.59. The van der Waals surface area contributed by atoms with Gasteiger partial charge in [-0.25, -0.2) is 29.9 Å². The summed E-state index contributed by atoms with van der Waals surface area (Å²) in [6.45, 7) is 0. The molecule has 206 valence electrons. The van der Waals surface area contributed by atoms with Gasteiger partial charge in [-0.05, 0) is 0 Å². The quantitative estimate of drug-likeness (QED) is 0.178.